The number of amides is 2. The van der Waals surface area contributed by atoms with Crippen LogP contribution in [0.3, 0.4) is 0 Å². The molecule has 0 bridgehead atoms. The van der Waals surface area contributed by atoms with Crippen molar-refractivity contribution in [2.45, 2.75) is 13.2 Å². The molecule has 0 saturated heterocycles. The van der Waals surface area contributed by atoms with Crippen LogP contribution in [0.1, 0.15) is 16.7 Å². The van der Waals surface area contributed by atoms with Gasteiger partial charge in [-0.15, -0.1) is 0 Å². The molecule has 2 N–H and O–H groups in total. The van der Waals surface area contributed by atoms with E-state index in [1.54, 1.807) is 48.5 Å². The topological polar surface area (TPSA) is 79.8 Å². The summed E-state index contributed by atoms with van der Waals surface area (Å²) in [7, 11) is 0. The van der Waals surface area contributed by atoms with Crippen molar-refractivity contribution in [3.63, 3.8) is 0 Å². The number of hydrazone groups is 1. The zero-order valence-corrected chi connectivity index (χ0v) is 19.7. The summed E-state index contributed by atoms with van der Waals surface area (Å²) in [4.78, 5) is 23.8. The smallest absolute Gasteiger partial charge is 0.329 e. The molecular formula is C23H18BrCl2N3O3. The van der Waals surface area contributed by atoms with E-state index in [0.29, 0.717) is 32.4 Å². The summed E-state index contributed by atoms with van der Waals surface area (Å²) in [5.41, 5.74) is 4.60. The monoisotopic (exact) mass is 533 g/mol. The fraction of sp³-hybridized carbons (Fsp3) is 0.0870. The van der Waals surface area contributed by atoms with Gasteiger partial charge < -0.3 is 10.1 Å². The maximum Gasteiger partial charge on any atom is 0.329 e. The van der Waals surface area contributed by atoms with Crippen molar-refractivity contribution in [3.05, 3.63) is 97.9 Å². The van der Waals surface area contributed by atoms with Crippen LogP contribution in [0.5, 0.6) is 5.75 Å². The first-order valence-electron chi connectivity index (χ1n) is 9.44. The molecule has 0 aliphatic carbocycles. The normalized spacial score (nSPS) is 10.7. The molecule has 0 atom stereocenters. The summed E-state index contributed by atoms with van der Waals surface area (Å²) in [6.07, 6.45) is 1.42. The lowest BCUT2D eigenvalue weighted by molar-refractivity contribution is -0.139. The van der Waals surface area contributed by atoms with Gasteiger partial charge in [-0.3, -0.25) is 9.59 Å². The molecule has 0 radical (unpaired) electrons. The third-order valence-corrected chi connectivity index (χ3v) is 5.49. The van der Waals surface area contributed by atoms with E-state index in [-0.39, 0.29) is 6.54 Å². The fourth-order valence-corrected chi connectivity index (χ4v) is 3.39. The van der Waals surface area contributed by atoms with Gasteiger partial charge in [0.15, 0.2) is 0 Å². The summed E-state index contributed by atoms with van der Waals surface area (Å²) in [5, 5.41) is 7.57. The second-order valence-corrected chi connectivity index (χ2v) is 8.28. The average molecular weight is 535 g/mol. The lowest BCUT2D eigenvalue weighted by Crippen LogP contribution is -2.37. The minimum absolute atomic E-state index is 0.204. The molecule has 0 spiro atoms. The minimum atomic E-state index is -0.867. The molecule has 164 valence electrons. The number of carbonyl (C=O) groups is 2. The summed E-state index contributed by atoms with van der Waals surface area (Å²) >= 11 is 15.4. The quantitative estimate of drug-likeness (QED) is 0.251. The van der Waals surface area contributed by atoms with Gasteiger partial charge in [0.25, 0.3) is 0 Å². The van der Waals surface area contributed by atoms with Gasteiger partial charge in [0, 0.05) is 22.2 Å². The van der Waals surface area contributed by atoms with Crippen LogP contribution in [-0.2, 0) is 22.7 Å². The highest BCUT2D eigenvalue weighted by molar-refractivity contribution is 9.10. The molecule has 3 aromatic carbocycles. The van der Waals surface area contributed by atoms with Gasteiger partial charge in [-0.1, -0.05) is 53.5 Å². The number of ether oxygens (including phenoxy) is 1. The van der Waals surface area contributed by atoms with Crippen LogP contribution < -0.4 is 15.5 Å². The first kappa shape index (κ1) is 23.8. The summed E-state index contributed by atoms with van der Waals surface area (Å²) in [5.74, 6) is -1.02. The number of nitrogens with one attached hydrogen (secondary N) is 2. The zero-order valence-electron chi connectivity index (χ0n) is 16.6. The number of hydrogen-bond acceptors (Lipinski definition) is 4. The van der Waals surface area contributed by atoms with Gasteiger partial charge in [-0.25, -0.2) is 5.43 Å². The van der Waals surface area contributed by atoms with E-state index in [2.05, 4.69) is 31.8 Å². The summed E-state index contributed by atoms with van der Waals surface area (Å²) in [6.45, 7) is 0.530. The van der Waals surface area contributed by atoms with Crippen molar-refractivity contribution < 1.29 is 14.3 Å². The molecule has 32 heavy (non-hydrogen) atoms. The average Bonchev–Trinajstić information content (AvgIpc) is 2.79. The zero-order chi connectivity index (χ0) is 22.9. The number of rotatable bonds is 7. The van der Waals surface area contributed by atoms with E-state index in [0.717, 1.165) is 11.1 Å². The molecule has 0 heterocycles. The van der Waals surface area contributed by atoms with Crippen molar-refractivity contribution in [2.24, 2.45) is 5.10 Å². The van der Waals surface area contributed by atoms with Crippen molar-refractivity contribution in [1.82, 2.24) is 10.7 Å². The summed E-state index contributed by atoms with van der Waals surface area (Å²) < 4.78 is 6.51. The van der Waals surface area contributed by atoms with Crippen LogP contribution in [-0.4, -0.2) is 18.0 Å². The Labute approximate surface area is 203 Å². The highest BCUT2D eigenvalue weighted by atomic mass is 79.9. The summed E-state index contributed by atoms with van der Waals surface area (Å²) in [6, 6.07) is 19.7. The molecule has 0 saturated carbocycles. The van der Waals surface area contributed by atoms with Crippen LogP contribution in [0.25, 0.3) is 0 Å². The Bertz CT molecular complexity index is 1140. The largest absolute Gasteiger partial charge is 0.488 e. The first-order chi connectivity index (χ1) is 15.4. The van der Waals surface area contributed by atoms with Crippen LogP contribution >= 0.6 is 39.1 Å². The van der Waals surface area contributed by atoms with Crippen LogP contribution in [0.4, 0.5) is 0 Å². The Morgan fingerprint density at radius 1 is 1.00 bits per heavy atom. The highest BCUT2D eigenvalue weighted by Gasteiger charge is 2.12. The Hall–Kier alpha value is -2.87. The predicted octanol–water partition coefficient (Wildman–Crippen LogP) is 5.10. The van der Waals surface area contributed by atoms with Gasteiger partial charge in [-0.05, 0) is 63.5 Å². The maximum atomic E-state index is 11.9. The lowest BCUT2D eigenvalue weighted by atomic mass is 10.2. The number of carbonyl (C=O) groups excluding carboxylic acids is 2. The minimum Gasteiger partial charge on any atom is -0.488 e. The Kier molecular flexibility index (Phi) is 8.67. The molecule has 3 rings (SSSR count). The SMILES string of the molecule is O=C(NCc1ccc(Cl)cc1)C(=O)N/N=C\c1ccc(OCc2ccccc2Cl)c(Br)c1. The van der Waals surface area contributed by atoms with E-state index < -0.39 is 11.8 Å². The van der Waals surface area contributed by atoms with Gasteiger partial charge in [0.05, 0.1) is 10.7 Å². The number of nitrogens with zero attached hydrogens (tertiary/aromatic N) is 1. The van der Waals surface area contributed by atoms with Crippen molar-refractivity contribution in [3.8, 4) is 5.75 Å². The van der Waals surface area contributed by atoms with E-state index in [9.17, 15) is 9.59 Å². The second-order valence-electron chi connectivity index (χ2n) is 6.58. The Morgan fingerprint density at radius 3 is 2.47 bits per heavy atom. The molecule has 9 heteroatoms. The molecule has 2 amide bonds. The number of benzene rings is 3. The Morgan fingerprint density at radius 2 is 1.75 bits per heavy atom. The van der Waals surface area contributed by atoms with E-state index in [1.165, 1.54) is 6.21 Å². The molecule has 0 aromatic heterocycles. The molecule has 0 aliphatic heterocycles. The first-order valence-corrected chi connectivity index (χ1v) is 11.0. The lowest BCUT2D eigenvalue weighted by Gasteiger charge is -2.10. The van der Waals surface area contributed by atoms with Crippen LogP contribution in [0, 0.1) is 0 Å². The Balaban J connectivity index is 1.48. The van der Waals surface area contributed by atoms with Gasteiger partial charge >= 0.3 is 11.8 Å². The molecule has 0 aliphatic rings. The van der Waals surface area contributed by atoms with Gasteiger partial charge in [-0.2, -0.15) is 5.10 Å². The predicted molar refractivity (Wildman–Crippen MR) is 129 cm³/mol. The fourth-order valence-electron chi connectivity index (χ4n) is 2.57. The molecule has 3 aromatic rings. The third-order valence-electron chi connectivity index (χ3n) is 4.25. The number of hydrogen-bond donors (Lipinski definition) is 2. The molecule has 0 fully saturated rings. The number of halogens is 3. The van der Waals surface area contributed by atoms with E-state index in [1.807, 2.05) is 18.2 Å². The van der Waals surface area contributed by atoms with Crippen molar-refractivity contribution >= 4 is 57.2 Å². The molecule has 6 nitrogen and oxygen atoms in total. The van der Waals surface area contributed by atoms with E-state index in [4.69, 9.17) is 27.9 Å². The highest BCUT2D eigenvalue weighted by Crippen LogP contribution is 2.27. The van der Waals surface area contributed by atoms with Crippen molar-refractivity contribution in [1.29, 1.82) is 0 Å². The maximum absolute atomic E-state index is 11.9. The third kappa shape index (κ3) is 7.09. The second kappa shape index (κ2) is 11.7. The van der Waals surface area contributed by atoms with Gasteiger partial charge in [0.2, 0.25) is 0 Å². The van der Waals surface area contributed by atoms with Crippen LogP contribution in [0.15, 0.2) is 76.3 Å². The van der Waals surface area contributed by atoms with E-state index >= 15 is 0 Å². The van der Waals surface area contributed by atoms with Crippen LogP contribution in [0.2, 0.25) is 10.0 Å². The van der Waals surface area contributed by atoms with Crippen molar-refractivity contribution in [2.75, 3.05) is 0 Å². The molecule has 0 unspecified atom stereocenters. The molecular weight excluding hydrogens is 517 g/mol. The van der Waals surface area contributed by atoms with Gasteiger partial charge in [0.1, 0.15) is 12.4 Å². The standard InChI is InChI=1S/C23H18BrCl2N3O3/c24-19-11-16(7-10-21(19)32-14-17-3-1-2-4-20(17)26)13-28-29-23(31)22(30)27-12-15-5-8-18(25)9-6-15/h1-11,13H,12,14H2,(H,27,30)(H,29,31)/b28-13-.